The molecule has 1 fully saturated rings. The molecular formula is C18H35IN6. The molecule has 1 aliphatic rings. The van der Waals surface area contributed by atoms with Gasteiger partial charge in [0.25, 0.3) is 0 Å². The predicted octanol–water partition coefficient (Wildman–Crippen LogP) is 2.58. The van der Waals surface area contributed by atoms with Gasteiger partial charge in [0.15, 0.2) is 5.96 Å². The Bertz CT molecular complexity index is 531. The van der Waals surface area contributed by atoms with Crippen LogP contribution in [0.25, 0.3) is 0 Å². The molecule has 7 heteroatoms. The number of nitrogens with zero attached hydrogens (tertiary/aromatic N) is 5. The molecule has 3 atom stereocenters. The van der Waals surface area contributed by atoms with Crippen LogP contribution in [0.15, 0.2) is 17.4 Å². The fourth-order valence-corrected chi connectivity index (χ4v) is 3.61. The summed E-state index contributed by atoms with van der Waals surface area (Å²) in [6.45, 7) is 10.6. The minimum atomic E-state index is 0. The Morgan fingerprint density at radius 3 is 2.48 bits per heavy atom. The quantitative estimate of drug-likeness (QED) is 0.415. The largest absolute Gasteiger partial charge is 0.357 e. The summed E-state index contributed by atoms with van der Waals surface area (Å²) < 4.78 is 1.86. The van der Waals surface area contributed by atoms with Gasteiger partial charge < -0.3 is 15.1 Å². The molecule has 2 heterocycles. The third kappa shape index (κ3) is 6.44. The number of rotatable bonds is 5. The van der Waals surface area contributed by atoms with Crippen LogP contribution in [0.3, 0.4) is 0 Å². The lowest BCUT2D eigenvalue weighted by Gasteiger charge is -2.37. The van der Waals surface area contributed by atoms with Crippen molar-refractivity contribution < 1.29 is 0 Å². The first-order valence-electron chi connectivity index (χ1n) is 9.08. The minimum absolute atomic E-state index is 0. The Kier molecular flexibility index (Phi) is 9.20. The molecule has 0 spiro atoms. The Hall–Kier alpha value is -0.830. The van der Waals surface area contributed by atoms with E-state index in [0.717, 1.165) is 44.0 Å². The van der Waals surface area contributed by atoms with Crippen LogP contribution in [0.5, 0.6) is 0 Å². The third-order valence-corrected chi connectivity index (χ3v) is 4.65. The molecule has 1 aromatic rings. The summed E-state index contributed by atoms with van der Waals surface area (Å²) in [5.74, 6) is 2.49. The summed E-state index contributed by atoms with van der Waals surface area (Å²) in [7, 11) is 6.16. The summed E-state index contributed by atoms with van der Waals surface area (Å²) in [5.41, 5.74) is 1.21. The molecule has 25 heavy (non-hydrogen) atoms. The molecule has 6 nitrogen and oxygen atoms in total. The van der Waals surface area contributed by atoms with E-state index in [0.29, 0.717) is 0 Å². The molecule has 0 bridgehead atoms. The fourth-order valence-electron chi connectivity index (χ4n) is 3.61. The van der Waals surface area contributed by atoms with Crippen molar-refractivity contribution >= 4 is 29.9 Å². The smallest absolute Gasteiger partial charge is 0.193 e. The number of halogens is 1. The molecule has 3 unspecified atom stereocenters. The number of likely N-dealkylation sites (N-methyl/N-ethyl adjacent to an activating group) is 1. The Balaban J connectivity index is 0.00000312. The van der Waals surface area contributed by atoms with E-state index in [2.05, 4.69) is 61.3 Å². The average Bonchev–Trinajstić information content (AvgIpc) is 2.91. The van der Waals surface area contributed by atoms with Crippen molar-refractivity contribution in [1.82, 2.24) is 24.9 Å². The summed E-state index contributed by atoms with van der Waals surface area (Å²) >= 11 is 0. The van der Waals surface area contributed by atoms with Gasteiger partial charge in [-0.15, -0.1) is 24.0 Å². The normalized spacial score (nSPS) is 22.7. The standard InChI is InChI=1S/C18H34N6.HI/c1-7-19-18(24-11-14(2)8-15(3)12-24)20-10-17(22(4)5)16-9-21-23(6)13-16;/h9,13-15,17H,7-8,10-12H2,1-6H3,(H,19,20);1H. The van der Waals surface area contributed by atoms with Gasteiger partial charge >= 0.3 is 0 Å². The number of guanidine groups is 1. The number of hydrogen-bond acceptors (Lipinski definition) is 3. The number of hydrogen-bond donors (Lipinski definition) is 1. The van der Waals surface area contributed by atoms with Gasteiger partial charge in [-0.3, -0.25) is 9.67 Å². The Morgan fingerprint density at radius 2 is 2.00 bits per heavy atom. The highest BCUT2D eigenvalue weighted by Crippen LogP contribution is 2.22. The molecule has 2 rings (SSSR count). The molecule has 1 N–H and O–H groups in total. The molecule has 0 aromatic carbocycles. The monoisotopic (exact) mass is 462 g/mol. The molecule has 144 valence electrons. The first kappa shape index (κ1) is 22.2. The molecule has 1 aromatic heterocycles. The Morgan fingerprint density at radius 1 is 1.36 bits per heavy atom. The van der Waals surface area contributed by atoms with Crippen molar-refractivity contribution in [2.45, 2.75) is 33.2 Å². The van der Waals surface area contributed by atoms with E-state index in [1.54, 1.807) is 0 Å². The summed E-state index contributed by atoms with van der Waals surface area (Å²) in [6, 6.07) is 0.243. The number of nitrogens with one attached hydrogen (secondary N) is 1. The summed E-state index contributed by atoms with van der Waals surface area (Å²) in [5, 5.41) is 7.79. The molecule has 0 radical (unpaired) electrons. The van der Waals surface area contributed by atoms with Crippen LogP contribution in [-0.2, 0) is 7.05 Å². The summed E-state index contributed by atoms with van der Waals surface area (Å²) in [4.78, 5) is 9.61. The number of aromatic nitrogens is 2. The van der Waals surface area contributed by atoms with Crippen LogP contribution in [0, 0.1) is 11.8 Å². The van der Waals surface area contributed by atoms with E-state index in [9.17, 15) is 0 Å². The van der Waals surface area contributed by atoms with Gasteiger partial charge in [0, 0.05) is 38.4 Å². The van der Waals surface area contributed by atoms with Crippen molar-refractivity contribution in [2.75, 3.05) is 40.3 Å². The highest BCUT2D eigenvalue weighted by Gasteiger charge is 2.24. The molecular weight excluding hydrogens is 427 g/mol. The van der Waals surface area contributed by atoms with Crippen LogP contribution < -0.4 is 5.32 Å². The van der Waals surface area contributed by atoms with Gasteiger partial charge in [0.1, 0.15) is 0 Å². The van der Waals surface area contributed by atoms with Crippen LogP contribution in [0.4, 0.5) is 0 Å². The second-order valence-corrected chi connectivity index (χ2v) is 7.47. The number of aliphatic imine (C=N–C) groups is 1. The van der Waals surface area contributed by atoms with Gasteiger partial charge in [0.2, 0.25) is 0 Å². The van der Waals surface area contributed by atoms with Crippen molar-refractivity contribution in [3.8, 4) is 0 Å². The van der Waals surface area contributed by atoms with Crippen molar-refractivity contribution in [1.29, 1.82) is 0 Å². The van der Waals surface area contributed by atoms with Crippen molar-refractivity contribution in [3.05, 3.63) is 18.0 Å². The van der Waals surface area contributed by atoms with E-state index < -0.39 is 0 Å². The molecule has 0 amide bonds. The maximum absolute atomic E-state index is 4.97. The average molecular weight is 462 g/mol. The lowest BCUT2D eigenvalue weighted by Crippen LogP contribution is -2.48. The lowest BCUT2D eigenvalue weighted by molar-refractivity contribution is 0.207. The Labute approximate surface area is 170 Å². The SMILES string of the molecule is CCNC(=NCC(c1cnn(C)c1)N(C)C)N1CC(C)CC(C)C1.I. The highest BCUT2D eigenvalue weighted by molar-refractivity contribution is 14.0. The predicted molar refractivity (Wildman–Crippen MR) is 116 cm³/mol. The molecule has 0 saturated carbocycles. The van der Waals surface area contributed by atoms with Crippen LogP contribution in [0.1, 0.15) is 38.8 Å². The van der Waals surface area contributed by atoms with Crippen molar-refractivity contribution in [2.24, 2.45) is 23.9 Å². The fraction of sp³-hybridized carbons (Fsp3) is 0.778. The number of aryl methyl sites for hydroxylation is 1. The van der Waals surface area contributed by atoms with E-state index in [-0.39, 0.29) is 30.0 Å². The van der Waals surface area contributed by atoms with Gasteiger partial charge in [-0.25, -0.2) is 0 Å². The van der Waals surface area contributed by atoms with E-state index in [1.807, 2.05) is 17.9 Å². The number of piperidine rings is 1. The van der Waals surface area contributed by atoms with E-state index >= 15 is 0 Å². The topological polar surface area (TPSA) is 48.7 Å². The summed E-state index contributed by atoms with van der Waals surface area (Å²) in [6.07, 6.45) is 5.34. The van der Waals surface area contributed by atoms with Gasteiger partial charge in [-0.05, 0) is 39.3 Å². The van der Waals surface area contributed by atoms with Crippen LogP contribution in [0.2, 0.25) is 0 Å². The highest BCUT2D eigenvalue weighted by atomic mass is 127. The van der Waals surface area contributed by atoms with Crippen LogP contribution >= 0.6 is 24.0 Å². The van der Waals surface area contributed by atoms with Gasteiger partial charge in [0.05, 0.1) is 18.8 Å². The zero-order valence-corrected chi connectivity index (χ0v) is 18.9. The minimum Gasteiger partial charge on any atom is -0.357 e. The van der Waals surface area contributed by atoms with Gasteiger partial charge in [-0.2, -0.15) is 5.10 Å². The lowest BCUT2D eigenvalue weighted by atomic mass is 9.92. The van der Waals surface area contributed by atoms with Crippen molar-refractivity contribution in [3.63, 3.8) is 0 Å². The van der Waals surface area contributed by atoms with Crippen LogP contribution in [-0.4, -0.2) is 65.8 Å². The van der Waals surface area contributed by atoms with E-state index in [4.69, 9.17) is 4.99 Å². The maximum Gasteiger partial charge on any atom is 0.193 e. The van der Waals surface area contributed by atoms with E-state index in [1.165, 1.54) is 12.0 Å². The first-order valence-corrected chi connectivity index (χ1v) is 9.08. The number of likely N-dealkylation sites (tertiary alicyclic amines) is 1. The molecule has 0 aliphatic carbocycles. The second-order valence-electron chi connectivity index (χ2n) is 7.47. The first-order chi connectivity index (χ1) is 11.4. The molecule has 1 aliphatic heterocycles. The zero-order chi connectivity index (χ0) is 17.7. The zero-order valence-electron chi connectivity index (χ0n) is 16.6. The second kappa shape index (κ2) is 10.4. The molecule has 1 saturated heterocycles. The maximum atomic E-state index is 4.97. The van der Waals surface area contributed by atoms with Gasteiger partial charge in [-0.1, -0.05) is 13.8 Å². The third-order valence-electron chi connectivity index (χ3n) is 4.65.